The van der Waals surface area contributed by atoms with Crippen molar-refractivity contribution in [2.75, 3.05) is 44.7 Å². The highest BCUT2D eigenvalue weighted by Crippen LogP contribution is 2.37. The first-order valence-corrected chi connectivity index (χ1v) is 14.8. The molecule has 0 N–H and O–H groups in total. The van der Waals surface area contributed by atoms with Gasteiger partial charge in [-0.2, -0.15) is 15.2 Å². The molecule has 2 fully saturated rings. The number of amides is 1. The zero-order valence-electron chi connectivity index (χ0n) is 25.1. The van der Waals surface area contributed by atoms with Gasteiger partial charge in [0, 0.05) is 37.4 Å². The van der Waals surface area contributed by atoms with Crippen LogP contribution in [-0.4, -0.2) is 82.6 Å². The molecule has 0 aliphatic carbocycles. The lowest BCUT2D eigenvalue weighted by Gasteiger charge is -2.41. The third-order valence-corrected chi connectivity index (χ3v) is 8.82. The summed E-state index contributed by atoms with van der Waals surface area (Å²) in [6.45, 7) is 6.47. The number of hydrogen-bond donors (Lipinski definition) is 0. The van der Waals surface area contributed by atoms with Crippen LogP contribution in [0.5, 0.6) is 6.01 Å². The Kier molecular flexibility index (Phi) is 8.29. The number of aromatic nitrogens is 3. The number of likely N-dealkylation sites (tertiary alicyclic amines) is 1. The van der Waals surface area contributed by atoms with Crippen molar-refractivity contribution in [3.63, 3.8) is 0 Å². The predicted molar refractivity (Wildman–Crippen MR) is 164 cm³/mol. The average molecular weight is 616 g/mol. The van der Waals surface area contributed by atoms with Gasteiger partial charge in [0.05, 0.1) is 23.9 Å². The number of benzene rings is 2. The number of nitrogens with zero attached hydrogens (tertiary/aromatic N) is 7. The van der Waals surface area contributed by atoms with E-state index in [4.69, 9.17) is 4.74 Å². The summed E-state index contributed by atoms with van der Waals surface area (Å²) in [5, 5.41) is 11.0. The van der Waals surface area contributed by atoms with Gasteiger partial charge >= 0.3 is 6.01 Å². The highest BCUT2D eigenvalue weighted by atomic mass is 19.1. The maximum Gasteiger partial charge on any atom is 0.319 e. The van der Waals surface area contributed by atoms with Gasteiger partial charge in [-0.3, -0.25) is 9.78 Å². The lowest BCUT2D eigenvalue weighted by molar-refractivity contribution is -0.131. The number of ether oxygens (including phenoxy) is 1. The van der Waals surface area contributed by atoms with E-state index in [9.17, 15) is 18.8 Å². The quantitative estimate of drug-likeness (QED) is 0.258. The minimum Gasteiger partial charge on any atom is -0.462 e. The van der Waals surface area contributed by atoms with Gasteiger partial charge in [-0.1, -0.05) is 30.8 Å². The Bertz CT molecular complexity index is 1860. The molecule has 2 aliphatic heterocycles. The van der Waals surface area contributed by atoms with E-state index in [-0.39, 0.29) is 49.3 Å². The summed E-state index contributed by atoms with van der Waals surface area (Å²) >= 11 is 0. The average Bonchev–Trinajstić information content (AvgIpc) is 3.45. The number of hydrogen-bond acceptors (Lipinski definition) is 8. The summed E-state index contributed by atoms with van der Waals surface area (Å²) in [6, 6.07) is 9.85. The van der Waals surface area contributed by atoms with Gasteiger partial charge in [0.15, 0.2) is 11.6 Å². The molecule has 0 bridgehead atoms. The summed E-state index contributed by atoms with van der Waals surface area (Å²) in [7, 11) is 2.02. The van der Waals surface area contributed by atoms with Crippen LogP contribution >= 0.6 is 0 Å². The maximum atomic E-state index is 16.6. The number of piperazine rings is 1. The standard InChI is InChI=1S/C33H32F3N7O2/c1-19-26(35)10-9-21-6-4-8-24(27(19)21)29-28(36)30-25(16-38-29)31(40-33(39-30)45-18-23-7-5-13-41(23)3)42-14-15-43(32(44)20(2)34)22(17-42)11-12-37/h4,6,8-10,16,22-23H,2,5,7,11,13-15,17-18H2,1,3H3/t22-,23-/m0/s1. The normalized spacial score (nSPS) is 18.8. The van der Waals surface area contributed by atoms with Crippen LogP contribution in [0.2, 0.25) is 0 Å². The van der Waals surface area contributed by atoms with Crippen LogP contribution in [0, 0.1) is 29.9 Å². The molecule has 1 amide bonds. The minimum absolute atomic E-state index is 0.00663. The molecule has 6 rings (SSSR count). The highest BCUT2D eigenvalue weighted by Gasteiger charge is 2.34. The molecule has 2 atom stereocenters. The van der Waals surface area contributed by atoms with Crippen molar-refractivity contribution in [3.8, 4) is 23.3 Å². The molecule has 45 heavy (non-hydrogen) atoms. The van der Waals surface area contributed by atoms with Crippen LogP contribution in [0.25, 0.3) is 32.9 Å². The summed E-state index contributed by atoms with van der Waals surface area (Å²) in [4.78, 5) is 31.4. The van der Waals surface area contributed by atoms with E-state index in [0.717, 1.165) is 24.8 Å². The Morgan fingerprint density at radius 2 is 1.98 bits per heavy atom. The van der Waals surface area contributed by atoms with Crippen molar-refractivity contribution in [1.82, 2.24) is 24.8 Å². The number of fused-ring (bicyclic) bond motifs is 2. The lowest BCUT2D eigenvalue weighted by Crippen LogP contribution is -2.55. The second kappa shape index (κ2) is 12.3. The van der Waals surface area contributed by atoms with E-state index in [0.29, 0.717) is 34.3 Å². The van der Waals surface area contributed by atoms with Crippen molar-refractivity contribution in [2.45, 2.75) is 38.3 Å². The summed E-state index contributed by atoms with van der Waals surface area (Å²) in [6.07, 6.45) is 3.41. The third-order valence-electron chi connectivity index (χ3n) is 8.82. The number of nitriles is 1. The zero-order valence-corrected chi connectivity index (χ0v) is 25.1. The molecule has 9 nitrogen and oxygen atoms in total. The van der Waals surface area contributed by atoms with E-state index in [1.165, 1.54) is 17.2 Å². The van der Waals surface area contributed by atoms with Gasteiger partial charge in [-0.05, 0) is 55.8 Å². The molecule has 0 spiro atoms. The lowest BCUT2D eigenvalue weighted by atomic mass is 9.97. The third kappa shape index (κ3) is 5.64. The molecule has 2 saturated heterocycles. The fourth-order valence-electron chi connectivity index (χ4n) is 6.36. The van der Waals surface area contributed by atoms with Crippen molar-refractivity contribution >= 4 is 33.4 Å². The Hall–Kier alpha value is -4.76. The molecule has 2 aromatic carbocycles. The number of likely N-dealkylation sites (N-methyl/N-ethyl adjacent to an activating group) is 1. The van der Waals surface area contributed by atoms with Gasteiger partial charge in [-0.25, -0.2) is 13.2 Å². The first kappa shape index (κ1) is 30.3. The van der Waals surface area contributed by atoms with Crippen molar-refractivity contribution in [3.05, 3.63) is 66.1 Å². The van der Waals surface area contributed by atoms with Crippen LogP contribution in [-0.2, 0) is 4.79 Å². The minimum atomic E-state index is -1.10. The largest absolute Gasteiger partial charge is 0.462 e. The number of anilines is 1. The number of halogens is 3. The van der Waals surface area contributed by atoms with E-state index in [1.807, 2.05) is 18.0 Å². The van der Waals surface area contributed by atoms with Gasteiger partial charge in [-0.15, -0.1) is 0 Å². The van der Waals surface area contributed by atoms with Crippen molar-refractivity contribution in [2.24, 2.45) is 0 Å². The first-order valence-electron chi connectivity index (χ1n) is 14.8. The fraction of sp³-hybridized carbons (Fsp3) is 0.364. The number of rotatable bonds is 7. The van der Waals surface area contributed by atoms with Crippen LogP contribution in [0.3, 0.4) is 0 Å². The van der Waals surface area contributed by atoms with Gasteiger partial charge in [0.2, 0.25) is 0 Å². The van der Waals surface area contributed by atoms with Crippen LogP contribution in [0.15, 0.2) is 48.9 Å². The topological polar surface area (TPSA) is 98.5 Å². The van der Waals surface area contributed by atoms with Crippen LogP contribution < -0.4 is 9.64 Å². The molecule has 4 aromatic rings. The molecule has 4 heterocycles. The Labute approximate surface area is 258 Å². The highest BCUT2D eigenvalue weighted by molar-refractivity contribution is 6.00. The number of carbonyl (C=O) groups is 1. The molecule has 2 aromatic heterocycles. The predicted octanol–water partition coefficient (Wildman–Crippen LogP) is 5.32. The van der Waals surface area contributed by atoms with Gasteiger partial charge in [0.1, 0.15) is 29.5 Å². The molecule has 12 heteroatoms. The van der Waals surface area contributed by atoms with Gasteiger partial charge < -0.3 is 19.4 Å². The van der Waals surface area contributed by atoms with E-state index in [2.05, 4.69) is 32.5 Å². The number of carbonyl (C=O) groups excluding carboxylic acids is 1. The maximum absolute atomic E-state index is 16.6. The monoisotopic (exact) mass is 615 g/mol. The molecule has 0 saturated carbocycles. The smallest absolute Gasteiger partial charge is 0.319 e. The van der Waals surface area contributed by atoms with Crippen molar-refractivity contribution in [1.29, 1.82) is 5.26 Å². The summed E-state index contributed by atoms with van der Waals surface area (Å²) in [5.41, 5.74) is 0.779. The SMILES string of the molecule is C=C(F)C(=O)N1CCN(c2nc(OC[C@@H]3CCCN3C)nc3c(F)c(-c4cccc5ccc(F)c(C)c45)ncc23)C[C@@H]1CC#N. The number of aryl methyl sites for hydroxylation is 1. The number of pyridine rings is 1. The second-order valence-corrected chi connectivity index (χ2v) is 11.5. The summed E-state index contributed by atoms with van der Waals surface area (Å²) in [5.74, 6) is -2.78. The second-order valence-electron chi connectivity index (χ2n) is 11.5. The molecular formula is C33H32F3N7O2. The zero-order chi connectivity index (χ0) is 31.8. The van der Waals surface area contributed by atoms with E-state index < -0.39 is 29.4 Å². The molecule has 2 aliphatic rings. The van der Waals surface area contributed by atoms with E-state index >= 15 is 4.39 Å². The van der Waals surface area contributed by atoms with Crippen LogP contribution in [0.4, 0.5) is 19.0 Å². The molecule has 232 valence electrons. The first-order chi connectivity index (χ1) is 21.7. The Morgan fingerprint density at radius 3 is 2.71 bits per heavy atom. The van der Waals surface area contributed by atoms with Gasteiger partial charge in [0.25, 0.3) is 5.91 Å². The Morgan fingerprint density at radius 1 is 1.16 bits per heavy atom. The molecule has 0 unspecified atom stereocenters. The van der Waals surface area contributed by atoms with Crippen LogP contribution in [0.1, 0.15) is 24.8 Å². The Balaban J connectivity index is 1.46. The molecule has 0 radical (unpaired) electrons. The fourth-order valence-corrected chi connectivity index (χ4v) is 6.36. The molecular weight excluding hydrogens is 583 g/mol. The summed E-state index contributed by atoms with van der Waals surface area (Å²) < 4.78 is 51.1. The van der Waals surface area contributed by atoms with E-state index in [1.54, 1.807) is 25.1 Å². The van der Waals surface area contributed by atoms with Crippen molar-refractivity contribution < 1.29 is 22.7 Å².